The summed E-state index contributed by atoms with van der Waals surface area (Å²) in [7, 11) is 0. The molecule has 3 nitrogen and oxygen atoms in total. The van der Waals surface area contributed by atoms with Crippen LogP contribution in [0.3, 0.4) is 0 Å². The third-order valence-electron chi connectivity index (χ3n) is 3.09. The SMILES string of the molecule is Cc1ccc(/C(C=NCc2ccc(O)cc2F)=C/N)cc1. The third kappa shape index (κ3) is 3.92. The Bertz CT molecular complexity index is 676. The van der Waals surface area contributed by atoms with E-state index in [9.17, 15) is 4.39 Å². The highest BCUT2D eigenvalue weighted by molar-refractivity contribution is 6.09. The van der Waals surface area contributed by atoms with Gasteiger partial charge in [0.15, 0.2) is 0 Å². The molecule has 0 saturated carbocycles. The quantitative estimate of drug-likeness (QED) is 0.845. The topological polar surface area (TPSA) is 58.6 Å². The number of nitrogens with two attached hydrogens (primary N) is 1. The Morgan fingerprint density at radius 2 is 1.95 bits per heavy atom. The number of rotatable bonds is 4. The van der Waals surface area contributed by atoms with Crippen LogP contribution in [0.4, 0.5) is 4.39 Å². The molecule has 2 rings (SSSR count). The summed E-state index contributed by atoms with van der Waals surface area (Å²) in [6.07, 6.45) is 3.10. The van der Waals surface area contributed by atoms with Gasteiger partial charge in [0, 0.05) is 29.6 Å². The summed E-state index contributed by atoms with van der Waals surface area (Å²) in [5.74, 6) is -0.566. The molecule has 0 bridgehead atoms. The average molecular weight is 284 g/mol. The first-order chi connectivity index (χ1) is 10.1. The molecule has 0 saturated heterocycles. The van der Waals surface area contributed by atoms with Crippen molar-refractivity contribution in [3.63, 3.8) is 0 Å². The zero-order chi connectivity index (χ0) is 15.2. The Kier molecular flexibility index (Phi) is 4.72. The lowest BCUT2D eigenvalue weighted by molar-refractivity contribution is 0.468. The van der Waals surface area contributed by atoms with Gasteiger partial charge in [0.1, 0.15) is 11.6 Å². The minimum absolute atomic E-state index is 0.0950. The third-order valence-corrected chi connectivity index (χ3v) is 3.09. The minimum atomic E-state index is -0.472. The molecule has 0 atom stereocenters. The lowest BCUT2D eigenvalue weighted by Gasteiger charge is -2.03. The number of aryl methyl sites for hydroxylation is 1. The molecule has 0 aliphatic heterocycles. The van der Waals surface area contributed by atoms with E-state index >= 15 is 0 Å². The van der Waals surface area contributed by atoms with Crippen molar-refractivity contribution in [1.82, 2.24) is 0 Å². The molecule has 0 heterocycles. The monoisotopic (exact) mass is 284 g/mol. The second-order valence-electron chi connectivity index (χ2n) is 4.73. The summed E-state index contributed by atoms with van der Waals surface area (Å²) in [6.45, 7) is 2.20. The molecule has 108 valence electrons. The van der Waals surface area contributed by atoms with Crippen molar-refractivity contribution in [3.05, 3.63) is 71.2 Å². The van der Waals surface area contributed by atoms with Gasteiger partial charge in [-0.1, -0.05) is 35.9 Å². The van der Waals surface area contributed by atoms with Crippen molar-refractivity contribution < 1.29 is 9.50 Å². The molecule has 0 unspecified atom stereocenters. The van der Waals surface area contributed by atoms with Crippen LogP contribution in [0, 0.1) is 12.7 Å². The van der Waals surface area contributed by atoms with E-state index in [2.05, 4.69) is 4.99 Å². The maximum Gasteiger partial charge on any atom is 0.131 e. The van der Waals surface area contributed by atoms with Crippen molar-refractivity contribution in [1.29, 1.82) is 0 Å². The molecule has 3 N–H and O–H groups in total. The smallest absolute Gasteiger partial charge is 0.131 e. The van der Waals surface area contributed by atoms with Crippen molar-refractivity contribution in [2.24, 2.45) is 10.7 Å². The summed E-state index contributed by atoms with van der Waals surface area (Å²) < 4.78 is 13.6. The fourth-order valence-electron chi connectivity index (χ4n) is 1.87. The van der Waals surface area contributed by atoms with Gasteiger partial charge < -0.3 is 10.8 Å². The van der Waals surface area contributed by atoms with E-state index < -0.39 is 5.82 Å². The van der Waals surface area contributed by atoms with E-state index in [1.165, 1.54) is 23.9 Å². The van der Waals surface area contributed by atoms with Gasteiger partial charge in [-0.2, -0.15) is 0 Å². The predicted molar refractivity (Wildman–Crippen MR) is 83.6 cm³/mol. The van der Waals surface area contributed by atoms with E-state index in [0.29, 0.717) is 5.56 Å². The Hall–Kier alpha value is -2.62. The van der Waals surface area contributed by atoms with Gasteiger partial charge in [-0.3, -0.25) is 4.99 Å². The van der Waals surface area contributed by atoms with Gasteiger partial charge in [0.05, 0.1) is 6.54 Å². The van der Waals surface area contributed by atoms with Gasteiger partial charge in [-0.25, -0.2) is 4.39 Å². The van der Waals surface area contributed by atoms with Gasteiger partial charge in [-0.15, -0.1) is 0 Å². The van der Waals surface area contributed by atoms with Crippen molar-refractivity contribution in [3.8, 4) is 5.75 Å². The molecule has 0 spiro atoms. The van der Waals surface area contributed by atoms with Crippen LogP contribution < -0.4 is 5.73 Å². The van der Waals surface area contributed by atoms with Crippen molar-refractivity contribution in [2.45, 2.75) is 13.5 Å². The van der Waals surface area contributed by atoms with Gasteiger partial charge in [0.25, 0.3) is 0 Å². The Morgan fingerprint density at radius 1 is 1.24 bits per heavy atom. The standard InChI is InChI=1S/C17H17FN2O/c1-12-2-4-13(5-3-12)15(9-19)11-20-10-14-6-7-16(21)8-17(14)18/h2-9,11,21H,10,19H2,1H3/b15-9+,20-11?. The molecule has 21 heavy (non-hydrogen) atoms. The summed E-state index contributed by atoms with van der Waals surface area (Å²) in [6, 6.07) is 11.9. The number of hydrogen-bond acceptors (Lipinski definition) is 3. The molecule has 0 amide bonds. The van der Waals surface area contributed by atoms with Crippen molar-refractivity contribution in [2.75, 3.05) is 0 Å². The summed E-state index contributed by atoms with van der Waals surface area (Å²) in [5.41, 5.74) is 8.93. The molecule has 0 aromatic heterocycles. The predicted octanol–water partition coefficient (Wildman–Crippen LogP) is 3.41. The van der Waals surface area contributed by atoms with Crippen LogP contribution in [-0.2, 0) is 6.54 Å². The summed E-state index contributed by atoms with van der Waals surface area (Å²) >= 11 is 0. The molecule has 4 heteroatoms. The van der Waals surface area contributed by atoms with Gasteiger partial charge in [0.2, 0.25) is 0 Å². The molecule has 2 aromatic carbocycles. The lowest BCUT2D eigenvalue weighted by Crippen LogP contribution is -1.93. The number of phenols is 1. The number of aromatic hydroxyl groups is 1. The first-order valence-corrected chi connectivity index (χ1v) is 6.56. The fourth-order valence-corrected chi connectivity index (χ4v) is 1.87. The normalized spacial score (nSPS) is 12.0. The Balaban J connectivity index is 2.10. The zero-order valence-electron chi connectivity index (χ0n) is 11.8. The Morgan fingerprint density at radius 3 is 2.57 bits per heavy atom. The number of allylic oxidation sites excluding steroid dienone is 1. The molecule has 0 aliphatic rings. The summed E-state index contributed by atoms with van der Waals surface area (Å²) in [5, 5.41) is 9.16. The van der Waals surface area contributed by atoms with Crippen LogP contribution >= 0.6 is 0 Å². The number of hydrogen-bond donors (Lipinski definition) is 2. The highest BCUT2D eigenvalue weighted by Crippen LogP contribution is 2.16. The number of nitrogens with zero attached hydrogens (tertiary/aromatic N) is 1. The van der Waals surface area contributed by atoms with Crippen LogP contribution in [0.25, 0.3) is 5.57 Å². The van der Waals surface area contributed by atoms with Crippen LogP contribution in [0.5, 0.6) is 5.75 Å². The number of aliphatic imine (C=N–C) groups is 1. The van der Waals surface area contributed by atoms with E-state index in [1.807, 2.05) is 31.2 Å². The highest BCUT2D eigenvalue weighted by atomic mass is 19.1. The van der Waals surface area contributed by atoms with E-state index in [1.54, 1.807) is 6.21 Å². The first kappa shape index (κ1) is 14.8. The van der Waals surface area contributed by atoms with E-state index in [-0.39, 0.29) is 12.3 Å². The number of benzene rings is 2. The molecular formula is C17H17FN2O. The largest absolute Gasteiger partial charge is 0.508 e. The van der Waals surface area contributed by atoms with Crippen LogP contribution in [-0.4, -0.2) is 11.3 Å². The van der Waals surface area contributed by atoms with Crippen LogP contribution in [0.15, 0.2) is 53.7 Å². The number of halogens is 1. The Labute approximate surface area is 123 Å². The highest BCUT2D eigenvalue weighted by Gasteiger charge is 2.02. The molecule has 0 aliphatic carbocycles. The van der Waals surface area contributed by atoms with E-state index in [4.69, 9.17) is 10.8 Å². The summed E-state index contributed by atoms with van der Waals surface area (Å²) in [4.78, 5) is 4.21. The van der Waals surface area contributed by atoms with E-state index in [0.717, 1.165) is 17.2 Å². The maximum absolute atomic E-state index is 13.6. The zero-order valence-corrected chi connectivity index (χ0v) is 11.8. The first-order valence-electron chi connectivity index (χ1n) is 6.56. The second kappa shape index (κ2) is 6.70. The molecule has 2 aromatic rings. The minimum Gasteiger partial charge on any atom is -0.508 e. The second-order valence-corrected chi connectivity index (χ2v) is 4.73. The number of phenolic OH excluding ortho intramolecular Hbond substituents is 1. The molecule has 0 radical (unpaired) electrons. The van der Waals surface area contributed by atoms with Gasteiger partial charge in [-0.05, 0) is 18.6 Å². The average Bonchev–Trinajstić information content (AvgIpc) is 2.47. The maximum atomic E-state index is 13.6. The van der Waals surface area contributed by atoms with Crippen LogP contribution in [0.1, 0.15) is 16.7 Å². The van der Waals surface area contributed by atoms with Gasteiger partial charge >= 0.3 is 0 Å². The molecular weight excluding hydrogens is 267 g/mol. The van der Waals surface area contributed by atoms with Crippen LogP contribution in [0.2, 0.25) is 0 Å². The molecule has 0 fully saturated rings. The fraction of sp³-hybridized carbons (Fsp3) is 0.118. The van der Waals surface area contributed by atoms with Crippen molar-refractivity contribution >= 4 is 11.8 Å². The lowest BCUT2D eigenvalue weighted by atomic mass is 10.1.